The Morgan fingerprint density at radius 2 is 1.93 bits per heavy atom. The molecule has 4 rings (SSSR count). The largest absolute Gasteiger partial charge is 0.494 e. The molecule has 0 saturated heterocycles. The van der Waals surface area contributed by atoms with Crippen LogP contribution in [0.4, 0.5) is 20.3 Å². The maximum absolute atomic E-state index is 14.7. The zero-order valence-corrected chi connectivity index (χ0v) is 22.6. The number of imidazole rings is 1. The third-order valence-corrected chi connectivity index (χ3v) is 6.47. The Balaban J connectivity index is 1.38. The van der Waals surface area contributed by atoms with Gasteiger partial charge in [-0.25, -0.2) is 14.4 Å². The van der Waals surface area contributed by atoms with Crippen molar-refractivity contribution in [2.24, 2.45) is 5.73 Å². The number of hydrogen-bond acceptors (Lipinski definition) is 8. The fourth-order valence-corrected chi connectivity index (χ4v) is 4.24. The van der Waals surface area contributed by atoms with E-state index in [1.165, 1.54) is 31.6 Å². The molecule has 0 aliphatic carbocycles. The van der Waals surface area contributed by atoms with Gasteiger partial charge in [-0.15, -0.1) is 0 Å². The van der Waals surface area contributed by atoms with E-state index in [0.29, 0.717) is 60.9 Å². The summed E-state index contributed by atoms with van der Waals surface area (Å²) >= 11 is 0. The Morgan fingerprint density at radius 1 is 1.12 bits per heavy atom. The van der Waals surface area contributed by atoms with Gasteiger partial charge in [-0.1, -0.05) is 0 Å². The van der Waals surface area contributed by atoms with E-state index < -0.39 is 23.6 Å². The highest BCUT2D eigenvalue weighted by molar-refractivity contribution is 5.96. The molecule has 1 atom stereocenters. The second-order valence-electron chi connectivity index (χ2n) is 9.30. The zero-order valence-electron chi connectivity index (χ0n) is 22.6. The van der Waals surface area contributed by atoms with Gasteiger partial charge in [-0.2, -0.15) is 4.39 Å². The molecule has 216 valence electrons. The fraction of sp³-hybridized carbons (Fsp3) is 0.286. The summed E-state index contributed by atoms with van der Waals surface area (Å²) in [7, 11) is 1.27. The molecule has 0 aliphatic heterocycles. The van der Waals surface area contributed by atoms with E-state index in [4.69, 9.17) is 15.6 Å². The van der Waals surface area contributed by atoms with Crippen LogP contribution in [0.25, 0.3) is 16.9 Å². The van der Waals surface area contributed by atoms with E-state index in [-0.39, 0.29) is 17.2 Å². The predicted octanol–water partition coefficient (Wildman–Crippen LogP) is 3.25. The number of anilines is 2. The number of carboxylic acid groups (broad SMARTS) is 1. The van der Waals surface area contributed by atoms with Crippen LogP contribution in [0.1, 0.15) is 28.8 Å². The van der Waals surface area contributed by atoms with Gasteiger partial charge in [0, 0.05) is 35.8 Å². The molecular weight excluding hydrogens is 536 g/mol. The lowest BCUT2D eigenvalue weighted by Crippen LogP contribution is -2.34. The highest BCUT2D eigenvalue weighted by atomic mass is 19.2. The van der Waals surface area contributed by atoms with Crippen LogP contribution in [0.15, 0.2) is 48.9 Å². The summed E-state index contributed by atoms with van der Waals surface area (Å²) in [5, 5.41) is 17.9. The van der Waals surface area contributed by atoms with Gasteiger partial charge in [0.2, 0.25) is 5.82 Å². The number of ether oxygens (including phenoxy) is 1. The third-order valence-electron chi connectivity index (χ3n) is 6.47. The number of amides is 1. The molecule has 0 fully saturated rings. The van der Waals surface area contributed by atoms with Crippen LogP contribution in [0.5, 0.6) is 5.75 Å². The zero-order chi connectivity index (χ0) is 29.5. The maximum atomic E-state index is 14.7. The van der Waals surface area contributed by atoms with Crippen molar-refractivity contribution in [1.82, 2.24) is 25.0 Å². The van der Waals surface area contributed by atoms with Crippen molar-refractivity contribution in [2.75, 3.05) is 32.1 Å². The number of nitrogens with two attached hydrogens (primary N) is 1. The standard InChI is InChI=1S/C28H31F2N7O4/c1-16-14-17(4-5-18(16)27(38)34-10-3-9-32-11-8-20(31)28(39)40)36-25-26-35-15-21(37(26)13-12-33-25)19-6-7-22(41-2)24(30)23(19)29/h4-7,12-15,20,32H,3,8-11,31H2,1-2H3,(H,33,36)(H,34,38)(H,39,40)/t20-/m0/s1. The van der Waals surface area contributed by atoms with Crippen LogP contribution in [-0.4, -0.2) is 64.1 Å². The van der Waals surface area contributed by atoms with Gasteiger partial charge in [0.15, 0.2) is 23.0 Å². The Bertz CT molecular complexity index is 1560. The highest BCUT2D eigenvalue weighted by Crippen LogP contribution is 2.31. The van der Waals surface area contributed by atoms with Crippen LogP contribution in [0.2, 0.25) is 0 Å². The van der Waals surface area contributed by atoms with E-state index in [0.717, 1.165) is 5.56 Å². The molecule has 13 heteroatoms. The van der Waals surface area contributed by atoms with Crippen molar-refractivity contribution >= 4 is 29.0 Å². The van der Waals surface area contributed by atoms with Crippen molar-refractivity contribution in [3.8, 4) is 17.0 Å². The molecule has 0 unspecified atom stereocenters. The molecule has 6 N–H and O–H groups in total. The van der Waals surface area contributed by atoms with Crippen molar-refractivity contribution in [2.45, 2.75) is 25.8 Å². The van der Waals surface area contributed by atoms with Gasteiger partial charge in [-0.05, 0) is 68.8 Å². The number of hydrogen-bond donors (Lipinski definition) is 5. The number of carbonyl (C=O) groups excluding carboxylic acids is 1. The van der Waals surface area contributed by atoms with Gasteiger partial charge < -0.3 is 31.5 Å². The van der Waals surface area contributed by atoms with Gasteiger partial charge >= 0.3 is 5.97 Å². The molecule has 2 heterocycles. The highest BCUT2D eigenvalue weighted by Gasteiger charge is 2.19. The number of aromatic nitrogens is 3. The number of carbonyl (C=O) groups is 2. The van der Waals surface area contributed by atoms with Crippen molar-refractivity contribution in [1.29, 1.82) is 0 Å². The molecule has 0 spiro atoms. The maximum Gasteiger partial charge on any atom is 0.320 e. The first-order valence-corrected chi connectivity index (χ1v) is 12.9. The lowest BCUT2D eigenvalue weighted by Gasteiger charge is -2.12. The number of fused-ring (bicyclic) bond motifs is 1. The first-order valence-electron chi connectivity index (χ1n) is 12.9. The molecule has 41 heavy (non-hydrogen) atoms. The molecule has 0 bridgehead atoms. The number of halogens is 2. The monoisotopic (exact) mass is 567 g/mol. The third kappa shape index (κ3) is 6.76. The predicted molar refractivity (Wildman–Crippen MR) is 149 cm³/mol. The second kappa shape index (κ2) is 13.2. The molecular formula is C28H31F2N7O4. The van der Waals surface area contributed by atoms with Gasteiger partial charge in [0.05, 0.1) is 19.0 Å². The van der Waals surface area contributed by atoms with E-state index >= 15 is 0 Å². The molecule has 0 saturated carbocycles. The first-order chi connectivity index (χ1) is 19.7. The van der Waals surface area contributed by atoms with Crippen molar-refractivity contribution < 1.29 is 28.2 Å². The van der Waals surface area contributed by atoms with E-state index in [1.807, 2.05) is 6.92 Å². The number of aryl methyl sites for hydroxylation is 1. The van der Waals surface area contributed by atoms with Crippen molar-refractivity contribution in [3.05, 3.63) is 71.7 Å². The summed E-state index contributed by atoms with van der Waals surface area (Å²) in [5.41, 5.74) is 8.14. The second-order valence-corrected chi connectivity index (χ2v) is 9.30. The Morgan fingerprint density at radius 3 is 2.66 bits per heavy atom. The van der Waals surface area contributed by atoms with Crippen molar-refractivity contribution in [3.63, 3.8) is 0 Å². The normalized spacial score (nSPS) is 11.8. The average molecular weight is 568 g/mol. The summed E-state index contributed by atoms with van der Waals surface area (Å²) < 4.78 is 35.5. The summed E-state index contributed by atoms with van der Waals surface area (Å²) in [4.78, 5) is 32.1. The number of methoxy groups -OCH3 is 1. The van der Waals surface area contributed by atoms with Crippen LogP contribution in [0, 0.1) is 18.6 Å². The molecule has 11 nitrogen and oxygen atoms in total. The quantitative estimate of drug-likeness (QED) is 0.153. The average Bonchev–Trinajstić information content (AvgIpc) is 3.38. The number of benzene rings is 2. The molecule has 0 radical (unpaired) electrons. The van der Waals surface area contributed by atoms with Gasteiger partial charge in [0.25, 0.3) is 5.91 Å². The number of aliphatic carboxylic acids is 1. The molecule has 1 amide bonds. The molecule has 2 aromatic carbocycles. The Hall–Kier alpha value is -4.62. The van der Waals surface area contributed by atoms with Gasteiger partial charge in [-0.3, -0.25) is 14.0 Å². The van der Waals surface area contributed by atoms with Crippen LogP contribution in [-0.2, 0) is 4.79 Å². The van der Waals surface area contributed by atoms with E-state index in [1.54, 1.807) is 28.8 Å². The van der Waals surface area contributed by atoms with E-state index in [2.05, 4.69) is 25.9 Å². The Kier molecular flexibility index (Phi) is 9.42. The lowest BCUT2D eigenvalue weighted by atomic mass is 10.1. The topological polar surface area (TPSA) is 156 Å². The lowest BCUT2D eigenvalue weighted by molar-refractivity contribution is -0.138. The minimum atomic E-state index is -1.08. The summed E-state index contributed by atoms with van der Waals surface area (Å²) in [6.07, 6.45) is 5.55. The van der Waals surface area contributed by atoms with Crippen LogP contribution in [0.3, 0.4) is 0 Å². The summed E-state index contributed by atoms with van der Waals surface area (Å²) in [6, 6.07) is 7.13. The SMILES string of the molecule is COc1ccc(-c2cnc3c(Nc4ccc(C(=O)NCCCNCC[C@H](N)C(=O)O)c(C)c4)nccn23)c(F)c1F. The number of rotatable bonds is 13. The number of carboxylic acids is 1. The summed E-state index contributed by atoms with van der Waals surface area (Å²) in [5.74, 6) is -3.17. The minimum absolute atomic E-state index is 0.0253. The van der Waals surface area contributed by atoms with E-state index in [9.17, 15) is 18.4 Å². The molecule has 2 aromatic heterocycles. The fourth-order valence-electron chi connectivity index (χ4n) is 4.24. The molecule has 0 aliphatic rings. The first kappa shape index (κ1) is 29.4. The number of nitrogens with zero attached hydrogens (tertiary/aromatic N) is 3. The number of nitrogens with one attached hydrogen (secondary N) is 3. The summed E-state index contributed by atoms with van der Waals surface area (Å²) in [6.45, 7) is 3.36. The smallest absolute Gasteiger partial charge is 0.320 e. The van der Waals surface area contributed by atoms with Crippen LogP contribution < -0.4 is 26.4 Å². The Labute approximate surface area is 234 Å². The van der Waals surface area contributed by atoms with Gasteiger partial charge in [0.1, 0.15) is 6.04 Å². The minimum Gasteiger partial charge on any atom is -0.494 e. The van der Waals surface area contributed by atoms with Crippen LogP contribution >= 0.6 is 0 Å². The molecule has 4 aromatic rings.